The second-order valence-electron chi connectivity index (χ2n) is 3.96. The summed E-state index contributed by atoms with van der Waals surface area (Å²) in [6.07, 6.45) is 0. The third kappa shape index (κ3) is 2.06. The smallest absolute Gasteiger partial charge is 0.250 e. The van der Waals surface area contributed by atoms with Gasteiger partial charge in [0.15, 0.2) is 0 Å². The molecule has 88 valence electrons. The summed E-state index contributed by atoms with van der Waals surface area (Å²) in [6.45, 7) is 3.82. The lowest BCUT2D eigenvalue weighted by atomic mass is 10.2. The van der Waals surface area contributed by atoms with E-state index < -0.39 is 5.91 Å². The van der Waals surface area contributed by atoms with E-state index in [2.05, 4.69) is 0 Å². The highest BCUT2D eigenvalue weighted by molar-refractivity contribution is 6.30. The van der Waals surface area contributed by atoms with Crippen LogP contribution in [-0.2, 0) is 0 Å². The van der Waals surface area contributed by atoms with Gasteiger partial charge < -0.3 is 10.3 Å². The van der Waals surface area contributed by atoms with Crippen LogP contribution < -0.4 is 5.73 Å². The molecule has 4 heteroatoms. The van der Waals surface area contributed by atoms with Crippen molar-refractivity contribution in [3.05, 3.63) is 52.3 Å². The van der Waals surface area contributed by atoms with Gasteiger partial charge in [-0.2, -0.15) is 0 Å². The summed E-state index contributed by atoms with van der Waals surface area (Å²) in [6, 6.07) is 9.26. The van der Waals surface area contributed by atoms with Crippen LogP contribution in [-0.4, -0.2) is 10.5 Å². The number of aryl methyl sites for hydroxylation is 1. The van der Waals surface area contributed by atoms with Crippen molar-refractivity contribution < 1.29 is 4.79 Å². The second kappa shape index (κ2) is 4.26. The summed E-state index contributed by atoms with van der Waals surface area (Å²) in [4.78, 5) is 11.3. The fraction of sp³-hybridized carbons (Fsp3) is 0.154. The van der Waals surface area contributed by atoms with Gasteiger partial charge in [0, 0.05) is 22.1 Å². The molecule has 3 nitrogen and oxygen atoms in total. The fourth-order valence-corrected chi connectivity index (χ4v) is 2.13. The zero-order valence-corrected chi connectivity index (χ0v) is 10.5. The topological polar surface area (TPSA) is 48.0 Å². The van der Waals surface area contributed by atoms with Gasteiger partial charge >= 0.3 is 0 Å². The van der Waals surface area contributed by atoms with Crippen molar-refractivity contribution in [2.75, 3.05) is 0 Å². The van der Waals surface area contributed by atoms with E-state index in [0.29, 0.717) is 10.6 Å². The number of nitrogens with zero attached hydrogens (tertiary/aromatic N) is 1. The molecule has 0 bridgehead atoms. The number of carbonyl (C=O) groups is 1. The maximum Gasteiger partial charge on any atom is 0.250 e. The summed E-state index contributed by atoms with van der Waals surface area (Å²) in [5.41, 5.74) is 8.66. The van der Waals surface area contributed by atoms with Gasteiger partial charge in [-0.15, -0.1) is 0 Å². The first-order valence-electron chi connectivity index (χ1n) is 5.25. The summed E-state index contributed by atoms with van der Waals surface area (Å²) in [5.74, 6) is -0.404. The maximum atomic E-state index is 11.3. The molecule has 1 heterocycles. The van der Waals surface area contributed by atoms with Gasteiger partial charge in [0.25, 0.3) is 5.91 Å². The van der Waals surface area contributed by atoms with E-state index in [4.69, 9.17) is 17.3 Å². The van der Waals surface area contributed by atoms with Crippen LogP contribution in [0.25, 0.3) is 5.69 Å². The van der Waals surface area contributed by atoms with E-state index in [1.54, 1.807) is 6.07 Å². The number of primary amides is 1. The van der Waals surface area contributed by atoms with E-state index in [1.165, 1.54) is 0 Å². The molecule has 0 fully saturated rings. The van der Waals surface area contributed by atoms with E-state index in [0.717, 1.165) is 17.1 Å². The van der Waals surface area contributed by atoms with Crippen molar-refractivity contribution in [1.82, 2.24) is 4.57 Å². The van der Waals surface area contributed by atoms with Crippen molar-refractivity contribution in [2.45, 2.75) is 13.8 Å². The molecule has 0 radical (unpaired) electrons. The predicted molar refractivity (Wildman–Crippen MR) is 68.8 cm³/mol. The number of halogens is 1. The molecular formula is C13H13ClN2O. The van der Waals surface area contributed by atoms with Crippen LogP contribution in [0.3, 0.4) is 0 Å². The van der Waals surface area contributed by atoms with Crippen LogP contribution in [0.2, 0.25) is 5.02 Å². The van der Waals surface area contributed by atoms with Gasteiger partial charge in [-0.25, -0.2) is 0 Å². The molecule has 2 N–H and O–H groups in total. The molecule has 0 spiro atoms. The molecule has 0 aliphatic carbocycles. The largest absolute Gasteiger partial charge is 0.366 e. The quantitative estimate of drug-likeness (QED) is 0.873. The minimum absolute atomic E-state index is 0.404. The number of hydrogen-bond acceptors (Lipinski definition) is 1. The van der Waals surface area contributed by atoms with Crippen molar-refractivity contribution in [3.8, 4) is 5.69 Å². The number of benzene rings is 1. The van der Waals surface area contributed by atoms with E-state index >= 15 is 0 Å². The Kier molecular flexibility index (Phi) is 2.94. The standard InChI is InChI=1S/C13H13ClN2O/c1-8-7-12(13(15)17)9(2)16(8)11-5-3-10(14)4-6-11/h3-7H,1-2H3,(H2,15,17). The summed E-state index contributed by atoms with van der Waals surface area (Å²) in [5, 5.41) is 0.686. The van der Waals surface area contributed by atoms with E-state index in [1.807, 2.05) is 42.7 Å². The highest BCUT2D eigenvalue weighted by Crippen LogP contribution is 2.21. The van der Waals surface area contributed by atoms with Gasteiger partial charge in [-0.05, 0) is 44.2 Å². The van der Waals surface area contributed by atoms with Crippen LogP contribution in [0.15, 0.2) is 30.3 Å². The van der Waals surface area contributed by atoms with Gasteiger partial charge in [0.05, 0.1) is 5.56 Å². The lowest BCUT2D eigenvalue weighted by Gasteiger charge is -2.09. The lowest BCUT2D eigenvalue weighted by Crippen LogP contribution is -2.12. The molecule has 0 saturated carbocycles. The number of hydrogen-bond donors (Lipinski definition) is 1. The molecule has 1 aromatic carbocycles. The average Bonchev–Trinajstić information content (AvgIpc) is 2.56. The maximum absolute atomic E-state index is 11.3. The zero-order valence-electron chi connectivity index (χ0n) is 9.70. The Morgan fingerprint density at radius 1 is 1.24 bits per heavy atom. The van der Waals surface area contributed by atoms with Crippen LogP contribution in [0.4, 0.5) is 0 Å². The minimum Gasteiger partial charge on any atom is -0.366 e. The molecule has 0 saturated heterocycles. The first kappa shape index (κ1) is 11.7. The van der Waals surface area contributed by atoms with E-state index in [9.17, 15) is 4.79 Å². The Morgan fingerprint density at radius 2 is 1.82 bits per heavy atom. The molecule has 0 aliphatic rings. The molecule has 0 atom stereocenters. The molecule has 17 heavy (non-hydrogen) atoms. The number of carbonyl (C=O) groups excluding carboxylic acids is 1. The lowest BCUT2D eigenvalue weighted by molar-refractivity contribution is 0.0999. The van der Waals surface area contributed by atoms with Crippen molar-refractivity contribution >= 4 is 17.5 Å². The van der Waals surface area contributed by atoms with Gasteiger partial charge in [-0.3, -0.25) is 4.79 Å². The second-order valence-corrected chi connectivity index (χ2v) is 4.40. The summed E-state index contributed by atoms with van der Waals surface area (Å²) < 4.78 is 1.98. The molecule has 0 unspecified atom stereocenters. The predicted octanol–water partition coefficient (Wildman–Crippen LogP) is 2.85. The number of nitrogens with two attached hydrogens (primary N) is 1. The van der Waals surface area contributed by atoms with Crippen LogP contribution >= 0.6 is 11.6 Å². The first-order chi connectivity index (χ1) is 8.00. The Bertz CT molecular complexity index is 570. The normalized spacial score (nSPS) is 10.5. The number of rotatable bonds is 2. The summed E-state index contributed by atoms with van der Waals surface area (Å²) in [7, 11) is 0. The Morgan fingerprint density at radius 3 is 2.29 bits per heavy atom. The number of aromatic nitrogens is 1. The Hall–Kier alpha value is -1.74. The molecule has 2 rings (SSSR count). The number of amides is 1. The zero-order chi connectivity index (χ0) is 12.6. The highest BCUT2D eigenvalue weighted by atomic mass is 35.5. The van der Waals surface area contributed by atoms with Crippen LogP contribution in [0, 0.1) is 13.8 Å². The molecule has 1 aromatic heterocycles. The van der Waals surface area contributed by atoms with Gasteiger partial charge in [0.1, 0.15) is 0 Å². The summed E-state index contributed by atoms with van der Waals surface area (Å²) >= 11 is 5.85. The Labute approximate surface area is 105 Å². The molecule has 1 amide bonds. The Balaban J connectivity index is 2.59. The molecular weight excluding hydrogens is 236 g/mol. The third-order valence-corrected chi connectivity index (χ3v) is 3.03. The molecule has 0 aliphatic heterocycles. The third-order valence-electron chi connectivity index (χ3n) is 2.78. The van der Waals surface area contributed by atoms with Crippen LogP contribution in [0.5, 0.6) is 0 Å². The van der Waals surface area contributed by atoms with Gasteiger partial charge in [0.2, 0.25) is 0 Å². The molecule has 2 aromatic rings. The monoisotopic (exact) mass is 248 g/mol. The highest BCUT2D eigenvalue weighted by Gasteiger charge is 2.13. The van der Waals surface area contributed by atoms with Crippen molar-refractivity contribution in [3.63, 3.8) is 0 Å². The van der Waals surface area contributed by atoms with E-state index in [-0.39, 0.29) is 0 Å². The SMILES string of the molecule is Cc1cc(C(N)=O)c(C)n1-c1ccc(Cl)cc1. The van der Waals surface area contributed by atoms with Crippen molar-refractivity contribution in [2.24, 2.45) is 5.73 Å². The average molecular weight is 249 g/mol. The van der Waals surface area contributed by atoms with Crippen molar-refractivity contribution in [1.29, 1.82) is 0 Å². The van der Waals surface area contributed by atoms with Gasteiger partial charge in [-0.1, -0.05) is 11.6 Å². The van der Waals surface area contributed by atoms with Crippen LogP contribution in [0.1, 0.15) is 21.7 Å². The minimum atomic E-state index is -0.404. The first-order valence-corrected chi connectivity index (χ1v) is 5.63. The fourth-order valence-electron chi connectivity index (χ4n) is 2.00.